The molecule has 0 aliphatic heterocycles. The van der Waals surface area contributed by atoms with E-state index in [1.165, 1.54) is 19.2 Å². The van der Waals surface area contributed by atoms with E-state index in [0.29, 0.717) is 0 Å². The third kappa shape index (κ3) is 4.59. The zero-order valence-electron chi connectivity index (χ0n) is 12.0. The highest BCUT2D eigenvalue weighted by Gasteiger charge is 2.29. The maximum absolute atomic E-state index is 12.6. The average Bonchev–Trinajstić information content (AvgIpc) is 2.30. The third-order valence-corrected chi connectivity index (χ3v) is 4.31. The Bertz CT molecular complexity index is 533. The zero-order chi connectivity index (χ0) is 15.3. The van der Waals surface area contributed by atoms with Crippen LogP contribution in [0.1, 0.15) is 19.4 Å². The Balaban J connectivity index is 3.11. The van der Waals surface area contributed by atoms with Crippen LogP contribution < -0.4 is 9.61 Å². The van der Waals surface area contributed by atoms with Crippen LogP contribution in [-0.2, 0) is 9.30 Å². The van der Waals surface area contributed by atoms with E-state index in [-0.39, 0.29) is 23.8 Å². The smallest absolute Gasteiger partial charge is 0.342 e. The number of hydrogen-bond acceptors (Lipinski definition) is 5. The van der Waals surface area contributed by atoms with E-state index in [0.717, 1.165) is 5.56 Å². The number of nitro benzene ring substituents is 1. The van der Waals surface area contributed by atoms with Gasteiger partial charge in [-0.25, -0.2) is 5.09 Å². The first-order valence-corrected chi connectivity index (χ1v) is 7.89. The van der Waals surface area contributed by atoms with Gasteiger partial charge in [-0.3, -0.25) is 14.7 Å². The van der Waals surface area contributed by atoms with Gasteiger partial charge in [-0.05, 0) is 32.4 Å². The van der Waals surface area contributed by atoms with E-state index in [1.807, 2.05) is 0 Å². The fourth-order valence-corrected chi connectivity index (χ4v) is 3.44. The Hall–Kier alpha value is -1.43. The van der Waals surface area contributed by atoms with Crippen LogP contribution in [0.25, 0.3) is 0 Å². The standard InChI is InChI=1S/C12H19N2O5P/c1-9(2)13-20(17,8-18-4)19-12-6-5-10(3)7-11(12)14(15)16/h5-7,9H,8H2,1-4H3,(H,13,17). The minimum Gasteiger partial charge on any atom is -0.424 e. The van der Waals surface area contributed by atoms with Gasteiger partial charge in [-0.15, -0.1) is 0 Å². The zero-order valence-corrected chi connectivity index (χ0v) is 12.8. The molecule has 1 aromatic carbocycles. The number of nitro groups is 1. The molecule has 112 valence electrons. The maximum atomic E-state index is 12.6. The predicted octanol–water partition coefficient (Wildman–Crippen LogP) is 3.08. The largest absolute Gasteiger partial charge is 0.424 e. The molecule has 0 bridgehead atoms. The molecule has 0 radical (unpaired) electrons. The molecule has 0 fully saturated rings. The van der Waals surface area contributed by atoms with Gasteiger partial charge >= 0.3 is 13.2 Å². The van der Waals surface area contributed by atoms with Gasteiger partial charge < -0.3 is 9.26 Å². The molecule has 0 aliphatic carbocycles. The quantitative estimate of drug-likeness (QED) is 0.473. The second-order valence-electron chi connectivity index (χ2n) is 4.69. The molecule has 1 aromatic rings. The molecular formula is C12H19N2O5P. The summed E-state index contributed by atoms with van der Waals surface area (Å²) >= 11 is 0. The number of methoxy groups -OCH3 is 1. The van der Waals surface area contributed by atoms with Crippen molar-refractivity contribution in [1.29, 1.82) is 0 Å². The molecule has 20 heavy (non-hydrogen) atoms. The van der Waals surface area contributed by atoms with Crippen molar-refractivity contribution in [2.45, 2.75) is 26.8 Å². The first-order valence-electron chi connectivity index (χ1n) is 6.08. The Labute approximate surface area is 117 Å². The highest BCUT2D eigenvalue weighted by Crippen LogP contribution is 2.46. The molecule has 0 spiro atoms. The van der Waals surface area contributed by atoms with Crippen molar-refractivity contribution in [3.8, 4) is 5.75 Å². The van der Waals surface area contributed by atoms with Crippen LogP contribution in [0.2, 0.25) is 0 Å². The highest BCUT2D eigenvalue weighted by atomic mass is 31.2. The Morgan fingerprint density at radius 1 is 1.45 bits per heavy atom. The molecule has 8 heteroatoms. The number of nitrogens with zero attached hydrogens (tertiary/aromatic N) is 1. The van der Waals surface area contributed by atoms with Crippen LogP contribution in [0.5, 0.6) is 5.75 Å². The van der Waals surface area contributed by atoms with Crippen molar-refractivity contribution >= 4 is 13.2 Å². The molecule has 0 aromatic heterocycles. The van der Waals surface area contributed by atoms with E-state index < -0.39 is 12.4 Å². The van der Waals surface area contributed by atoms with E-state index >= 15 is 0 Å². The number of aryl methyl sites for hydroxylation is 1. The van der Waals surface area contributed by atoms with Crippen LogP contribution in [0.4, 0.5) is 5.69 Å². The van der Waals surface area contributed by atoms with Crippen LogP contribution >= 0.6 is 7.52 Å². The highest BCUT2D eigenvalue weighted by molar-refractivity contribution is 7.57. The van der Waals surface area contributed by atoms with Gasteiger partial charge in [-0.2, -0.15) is 0 Å². The molecule has 0 saturated carbocycles. The lowest BCUT2D eigenvalue weighted by atomic mass is 10.2. The van der Waals surface area contributed by atoms with Gasteiger partial charge in [0.15, 0.2) is 0 Å². The van der Waals surface area contributed by atoms with Gasteiger partial charge in [0, 0.05) is 19.2 Å². The number of rotatable bonds is 7. The summed E-state index contributed by atoms with van der Waals surface area (Å²) in [5.41, 5.74) is 0.509. The summed E-state index contributed by atoms with van der Waals surface area (Å²) in [4.78, 5) is 10.5. The molecule has 0 saturated heterocycles. The molecule has 1 unspecified atom stereocenters. The van der Waals surface area contributed by atoms with Crippen molar-refractivity contribution < 1.29 is 18.7 Å². The summed E-state index contributed by atoms with van der Waals surface area (Å²) in [6, 6.07) is 4.37. The van der Waals surface area contributed by atoms with Crippen LogP contribution in [0.3, 0.4) is 0 Å². The molecule has 0 aliphatic rings. The first-order chi connectivity index (χ1) is 9.27. The van der Waals surface area contributed by atoms with Crippen molar-refractivity contribution in [3.63, 3.8) is 0 Å². The second-order valence-corrected chi connectivity index (χ2v) is 6.74. The minimum absolute atomic E-state index is 0.0332. The third-order valence-electron chi connectivity index (χ3n) is 2.31. The number of nitrogens with one attached hydrogen (secondary N) is 1. The number of ether oxygens (including phenoxy) is 1. The van der Waals surface area contributed by atoms with Gasteiger partial charge in [0.05, 0.1) is 4.92 Å². The predicted molar refractivity (Wildman–Crippen MR) is 76.2 cm³/mol. The van der Waals surface area contributed by atoms with Crippen molar-refractivity contribution in [1.82, 2.24) is 5.09 Å². The number of hydrogen-bond donors (Lipinski definition) is 1. The van der Waals surface area contributed by atoms with E-state index in [4.69, 9.17) is 9.26 Å². The van der Waals surface area contributed by atoms with Gasteiger partial charge in [0.1, 0.15) is 6.35 Å². The Kier molecular flexibility index (Phi) is 5.68. The fraction of sp³-hybridized carbons (Fsp3) is 0.500. The molecule has 1 rings (SSSR count). The topological polar surface area (TPSA) is 90.7 Å². The lowest BCUT2D eigenvalue weighted by Gasteiger charge is -2.21. The lowest BCUT2D eigenvalue weighted by Crippen LogP contribution is -2.24. The molecule has 0 heterocycles. The Morgan fingerprint density at radius 3 is 2.60 bits per heavy atom. The number of benzene rings is 1. The van der Waals surface area contributed by atoms with Crippen molar-refractivity contribution in [3.05, 3.63) is 33.9 Å². The van der Waals surface area contributed by atoms with Gasteiger partial charge in [0.2, 0.25) is 5.75 Å². The van der Waals surface area contributed by atoms with Crippen LogP contribution in [-0.4, -0.2) is 24.4 Å². The molecule has 7 nitrogen and oxygen atoms in total. The molecule has 1 atom stereocenters. The Morgan fingerprint density at radius 2 is 2.10 bits per heavy atom. The van der Waals surface area contributed by atoms with E-state index in [1.54, 1.807) is 26.8 Å². The summed E-state index contributed by atoms with van der Waals surface area (Å²) in [7, 11) is -1.97. The molecular weight excluding hydrogens is 283 g/mol. The summed E-state index contributed by atoms with van der Waals surface area (Å²) < 4.78 is 22.8. The van der Waals surface area contributed by atoms with E-state index in [9.17, 15) is 14.7 Å². The summed E-state index contributed by atoms with van der Waals surface area (Å²) in [5.74, 6) is -0.0332. The van der Waals surface area contributed by atoms with Crippen molar-refractivity contribution in [2.24, 2.45) is 0 Å². The molecule has 1 N–H and O–H groups in total. The summed E-state index contributed by atoms with van der Waals surface area (Å²) in [5, 5.41) is 13.8. The van der Waals surface area contributed by atoms with Crippen LogP contribution in [0.15, 0.2) is 18.2 Å². The average molecular weight is 302 g/mol. The normalized spacial score (nSPS) is 14.1. The summed E-state index contributed by atoms with van der Waals surface area (Å²) in [6.07, 6.45) is -0.170. The first kappa shape index (κ1) is 16.6. The minimum atomic E-state index is -3.36. The van der Waals surface area contributed by atoms with Crippen molar-refractivity contribution in [2.75, 3.05) is 13.5 Å². The van der Waals surface area contributed by atoms with Crippen LogP contribution in [0, 0.1) is 17.0 Å². The lowest BCUT2D eigenvalue weighted by molar-refractivity contribution is -0.385. The second kappa shape index (κ2) is 6.83. The summed E-state index contributed by atoms with van der Waals surface area (Å²) in [6.45, 7) is 5.34. The monoisotopic (exact) mass is 302 g/mol. The SMILES string of the molecule is COCP(=O)(NC(C)C)Oc1ccc(C)cc1[N+](=O)[O-]. The molecule has 0 amide bonds. The van der Waals surface area contributed by atoms with Gasteiger partial charge in [0.25, 0.3) is 0 Å². The van der Waals surface area contributed by atoms with E-state index in [2.05, 4.69) is 5.09 Å². The maximum Gasteiger partial charge on any atom is 0.342 e. The fourth-order valence-electron chi connectivity index (χ4n) is 1.66. The van der Waals surface area contributed by atoms with Gasteiger partial charge in [-0.1, -0.05) is 6.07 Å².